The smallest absolute Gasteiger partial charge is 0.264 e. The van der Waals surface area contributed by atoms with E-state index in [2.05, 4.69) is 37.6 Å². The lowest BCUT2D eigenvalue weighted by Crippen LogP contribution is -2.55. The molecule has 18 heteroatoms. The molecule has 7 N–H and O–H groups in total. The molecule has 0 aliphatic carbocycles. The molecule has 3 aromatic carbocycles. The Labute approximate surface area is 389 Å². The minimum atomic E-state index is -1.34. The summed E-state index contributed by atoms with van der Waals surface area (Å²) >= 11 is 0.893. The fourth-order valence-electron chi connectivity index (χ4n) is 7.40. The molecule has 0 saturated heterocycles. The van der Waals surface area contributed by atoms with Crippen LogP contribution in [0.15, 0.2) is 60.7 Å². The van der Waals surface area contributed by atoms with Crippen LogP contribution >= 0.6 is 11.9 Å². The van der Waals surface area contributed by atoms with Gasteiger partial charge in [0.25, 0.3) is 5.91 Å². The summed E-state index contributed by atoms with van der Waals surface area (Å²) in [5.41, 5.74) is 9.22. The Kier molecular flexibility index (Phi) is 18.3. The summed E-state index contributed by atoms with van der Waals surface area (Å²) in [6.45, 7) is 9.74. The first-order chi connectivity index (χ1) is 31.7. The van der Waals surface area contributed by atoms with E-state index >= 15 is 0 Å². The Morgan fingerprint density at radius 3 is 2.33 bits per heavy atom. The third kappa shape index (κ3) is 12.8. The highest BCUT2D eigenvalue weighted by atomic mass is 32.2. The van der Waals surface area contributed by atoms with Crippen molar-refractivity contribution in [1.29, 1.82) is 5.26 Å². The molecule has 350 valence electrons. The van der Waals surface area contributed by atoms with E-state index in [1.54, 1.807) is 51.1 Å². The monoisotopic (exact) mass is 921 g/mol. The van der Waals surface area contributed by atoms with E-state index < -0.39 is 52.9 Å². The molecule has 5 amide bonds. The van der Waals surface area contributed by atoms with Gasteiger partial charge in [-0.2, -0.15) is 5.26 Å². The van der Waals surface area contributed by atoms with Crippen LogP contribution in [0, 0.1) is 25.2 Å². The number of amides is 5. The number of aryl methyl sites for hydroxylation is 2. The first-order valence-electron chi connectivity index (χ1n) is 22.1. The van der Waals surface area contributed by atoms with Crippen molar-refractivity contribution >= 4 is 41.5 Å². The van der Waals surface area contributed by atoms with E-state index in [-0.39, 0.29) is 37.3 Å². The van der Waals surface area contributed by atoms with Gasteiger partial charge in [0, 0.05) is 30.2 Å². The van der Waals surface area contributed by atoms with Crippen molar-refractivity contribution in [3.63, 3.8) is 0 Å². The Morgan fingerprint density at radius 2 is 1.67 bits per heavy atom. The van der Waals surface area contributed by atoms with Gasteiger partial charge in [-0.25, -0.2) is 9.97 Å². The Balaban J connectivity index is 1.43. The predicted molar refractivity (Wildman–Crippen MR) is 251 cm³/mol. The molecule has 5 rings (SSSR count). The van der Waals surface area contributed by atoms with E-state index in [9.17, 15) is 29.1 Å². The minimum absolute atomic E-state index is 0.0200. The number of rotatable bonds is 18. The number of carbonyl (C=O) groups is 5. The largest absolute Gasteiger partial charge is 0.507 e. The van der Waals surface area contributed by atoms with Gasteiger partial charge in [-0.1, -0.05) is 38.8 Å². The summed E-state index contributed by atoms with van der Waals surface area (Å²) in [4.78, 5) is 80.0. The zero-order chi connectivity index (χ0) is 47.9. The van der Waals surface area contributed by atoms with Crippen LogP contribution in [0.4, 0.5) is 0 Å². The maximum atomic E-state index is 14.5. The van der Waals surface area contributed by atoms with Crippen molar-refractivity contribution in [3.8, 4) is 45.8 Å². The number of nitrogens with two attached hydrogens (primary N) is 1. The van der Waals surface area contributed by atoms with Gasteiger partial charge in [0.2, 0.25) is 23.6 Å². The van der Waals surface area contributed by atoms with Crippen LogP contribution in [-0.4, -0.2) is 100 Å². The molecule has 4 bridgehead atoms. The van der Waals surface area contributed by atoms with E-state index in [0.29, 0.717) is 64.8 Å². The molecule has 0 spiro atoms. The number of fused-ring (bicyclic) bond motifs is 5. The lowest BCUT2D eigenvalue weighted by Gasteiger charge is -2.32. The molecular formula is C48H59N9O8S. The molecule has 0 radical (unpaired) electrons. The molecule has 2 heterocycles. The molecule has 66 heavy (non-hydrogen) atoms. The SMILES string of the molecule is CCCCCOc1ccc(-c2nc(C)c(C(=O)NS[C@@H](CC)C(=O)N(C)[C@@H]3C(=O)N[C@@H](C)C(=O)N[C@H](C(=O)NCC#N)Cc4ccc(O)c(c4)-c4cc3ccc4OCCCN)c(C)n2)cc1. The second-order valence-electron chi connectivity index (χ2n) is 15.9. The zero-order valence-corrected chi connectivity index (χ0v) is 39.0. The molecule has 0 saturated carbocycles. The van der Waals surface area contributed by atoms with Gasteiger partial charge >= 0.3 is 0 Å². The number of unbranched alkanes of at least 4 members (excludes halogenated alkanes) is 2. The molecule has 0 unspecified atom stereocenters. The third-order valence-electron chi connectivity index (χ3n) is 11.0. The summed E-state index contributed by atoms with van der Waals surface area (Å²) in [7, 11) is 1.45. The number of nitriles is 1. The minimum Gasteiger partial charge on any atom is -0.507 e. The maximum Gasteiger partial charge on any atom is 0.264 e. The molecular weight excluding hydrogens is 863 g/mol. The fraction of sp³-hybridized carbons (Fsp3) is 0.417. The van der Waals surface area contributed by atoms with Gasteiger partial charge in [-0.05, 0) is 118 Å². The summed E-state index contributed by atoms with van der Waals surface area (Å²) < 4.78 is 14.8. The summed E-state index contributed by atoms with van der Waals surface area (Å²) in [5.74, 6) is -1.64. The highest BCUT2D eigenvalue weighted by Crippen LogP contribution is 2.40. The third-order valence-corrected chi connectivity index (χ3v) is 12.1. The van der Waals surface area contributed by atoms with Crippen molar-refractivity contribution < 1.29 is 38.6 Å². The number of likely N-dealkylation sites (N-methyl/N-ethyl adjacent to an activating group) is 1. The molecule has 1 aromatic heterocycles. The van der Waals surface area contributed by atoms with Gasteiger partial charge in [-0.3, -0.25) is 28.7 Å². The molecule has 1 aliphatic rings. The highest BCUT2D eigenvalue weighted by Gasteiger charge is 2.36. The molecule has 4 atom stereocenters. The maximum absolute atomic E-state index is 14.5. The fourth-order valence-corrected chi connectivity index (χ4v) is 8.19. The standard InChI is InChI=1S/C48H59N9O8S/c1-7-9-10-23-64-34-16-13-32(14-17-34)43-52-28(3)41(29(4)53-43)46(61)56-66-40(8-2)48(63)57(6)42-33-15-19-39(65-24-11-20-49)36(27-33)35-25-31(12-18-38(35)58)26-37(45(60)51-22-21-50)55-44(59)30(5)54-47(42)62/h12-19,25,27,30,37,40,42,58H,7-11,20,22-24,26,49H2,1-6H3,(H,51,60)(H,54,62)(H,55,59)(H,56,61)/t30-,37-,40-,42-/m0/s1. The Morgan fingerprint density at radius 1 is 0.955 bits per heavy atom. The van der Waals surface area contributed by atoms with Gasteiger partial charge in [0.1, 0.15) is 47.2 Å². The number of phenolic OH excluding ortho intramolecular Hbond substituents is 1. The first kappa shape index (κ1) is 50.3. The molecule has 17 nitrogen and oxygen atoms in total. The van der Waals surface area contributed by atoms with Crippen LogP contribution in [0.1, 0.15) is 91.8 Å². The van der Waals surface area contributed by atoms with Crippen LogP contribution in [0.2, 0.25) is 0 Å². The van der Waals surface area contributed by atoms with Crippen LogP contribution in [-0.2, 0) is 25.6 Å². The number of hydrogen-bond donors (Lipinski definition) is 6. The summed E-state index contributed by atoms with van der Waals surface area (Å²) in [6.07, 6.45) is 3.94. The lowest BCUT2D eigenvalue weighted by atomic mass is 9.93. The van der Waals surface area contributed by atoms with Gasteiger partial charge in [0.05, 0.1) is 36.2 Å². The number of nitrogens with one attached hydrogen (secondary N) is 4. The molecule has 0 fully saturated rings. The number of aromatic nitrogens is 2. The number of ether oxygens (including phenoxy) is 2. The van der Waals surface area contributed by atoms with Crippen LogP contribution in [0.25, 0.3) is 22.5 Å². The van der Waals surface area contributed by atoms with Crippen LogP contribution in [0.3, 0.4) is 0 Å². The summed E-state index contributed by atoms with van der Waals surface area (Å²) in [6, 6.07) is 15.2. The molecule has 1 aliphatic heterocycles. The molecule has 4 aromatic rings. The normalized spacial score (nSPS) is 16.4. The number of benzene rings is 3. The quantitative estimate of drug-likeness (QED) is 0.0439. The number of nitrogens with zero attached hydrogens (tertiary/aromatic N) is 4. The number of hydrogen-bond acceptors (Lipinski definition) is 13. The summed E-state index contributed by atoms with van der Waals surface area (Å²) in [5, 5.41) is 27.4. The highest BCUT2D eigenvalue weighted by molar-refractivity contribution is 7.99. The number of aromatic hydroxyl groups is 1. The second-order valence-corrected chi connectivity index (χ2v) is 16.9. The van der Waals surface area contributed by atoms with Gasteiger partial charge in [0.15, 0.2) is 5.82 Å². The van der Waals surface area contributed by atoms with Crippen molar-refractivity contribution in [3.05, 3.63) is 88.7 Å². The number of carbonyl (C=O) groups excluding carboxylic acids is 5. The van der Waals surface area contributed by atoms with Crippen LogP contribution in [0.5, 0.6) is 17.2 Å². The average molecular weight is 922 g/mol. The van der Waals surface area contributed by atoms with Crippen molar-refractivity contribution in [2.24, 2.45) is 5.73 Å². The Bertz CT molecular complexity index is 2400. The van der Waals surface area contributed by atoms with Crippen molar-refractivity contribution in [2.45, 2.75) is 96.5 Å². The van der Waals surface area contributed by atoms with Gasteiger partial charge < -0.3 is 41.2 Å². The van der Waals surface area contributed by atoms with E-state index in [0.717, 1.165) is 42.5 Å². The first-order valence-corrected chi connectivity index (χ1v) is 22.9. The van der Waals surface area contributed by atoms with Crippen molar-refractivity contribution in [1.82, 2.24) is 35.5 Å². The van der Waals surface area contributed by atoms with Gasteiger partial charge in [-0.15, -0.1) is 0 Å². The van der Waals surface area contributed by atoms with E-state index in [1.165, 1.54) is 24.9 Å². The van der Waals surface area contributed by atoms with Crippen LogP contribution < -0.4 is 35.9 Å². The predicted octanol–water partition coefficient (Wildman–Crippen LogP) is 4.97. The average Bonchev–Trinajstić information content (AvgIpc) is 3.30. The topological polar surface area (TPSA) is 251 Å². The lowest BCUT2D eigenvalue weighted by molar-refractivity contribution is -0.140. The number of phenols is 1. The van der Waals surface area contributed by atoms with E-state index in [1.807, 2.05) is 30.3 Å². The zero-order valence-electron chi connectivity index (χ0n) is 38.2. The Hall–Kier alpha value is -6.71. The second kappa shape index (κ2) is 24.0. The van der Waals surface area contributed by atoms with Crippen molar-refractivity contribution in [2.75, 3.05) is 33.4 Å². The van der Waals surface area contributed by atoms with E-state index in [4.69, 9.17) is 20.5 Å².